The lowest BCUT2D eigenvalue weighted by Crippen LogP contribution is -2.39. The number of fused-ring (bicyclic) bond motifs is 3. The van der Waals surface area contributed by atoms with Crippen LogP contribution in [0.25, 0.3) is 0 Å². The molecular formula is C23H26N4O. The topological polar surface area (TPSA) is 62.5 Å². The highest BCUT2D eigenvalue weighted by Crippen LogP contribution is 2.57. The van der Waals surface area contributed by atoms with E-state index in [0.717, 1.165) is 37.2 Å². The predicted molar refractivity (Wildman–Crippen MR) is 113 cm³/mol. The summed E-state index contributed by atoms with van der Waals surface area (Å²) >= 11 is 0. The second-order valence-electron chi connectivity index (χ2n) is 7.53. The first-order valence-electron chi connectivity index (χ1n) is 9.98. The van der Waals surface area contributed by atoms with Crippen molar-refractivity contribution in [2.75, 3.05) is 22.9 Å². The van der Waals surface area contributed by atoms with E-state index in [2.05, 4.69) is 41.8 Å². The van der Waals surface area contributed by atoms with E-state index >= 15 is 0 Å². The van der Waals surface area contributed by atoms with E-state index < -0.39 is 6.03 Å². The molecule has 0 aliphatic heterocycles. The third-order valence-corrected chi connectivity index (χ3v) is 6.19. The maximum absolute atomic E-state index is 12.3. The third kappa shape index (κ3) is 2.99. The Morgan fingerprint density at radius 3 is 2.68 bits per heavy atom. The molecule has 1 aromatic heterocycles. The Morgan fingerprint density at radius 1 is 1.29 bits per heavy atom. The van der Waals surface area contributed by atoms with E-state index in [4.69, 9.17) is 12.2 Å². The van der Waals surface area contributed by atoms with Crippen LogP contribution in [0.2, 0.25) is 0 Å². The summed E-state index contributed by atoms with van der Waals surface area (Å²) < 4.78 is 0. The van der Waals surface area contributed by atoms with Gasteiger partial charge < -0.3 is 10.6 Å². The Hall–Kier alpha value is -3.00. The molecule has 5 heteroatoms. The summed E-state index contributed by atoms with van der Waals surface area (Å²) in [6, 6.07) is 9.77. The molecule has 4 rings (SSSR count). The number of nitrogens with zero attached hydrogens (tertiary/aromatic N) is 3. The fourth-order valence-corrected chi connectivity index (χ4v) is 4.74. The van der Waals surface area contributed by atoms with Crippen LogP contribution in [0.3, 0.4) is 0 Å². The molecule has 0 radical (unpaired) electrons. The maximum atomic E-state index is 12.3. The van der Waals surface area contributed by atoms with E-state index in [9.17, 15) is 4.79 Å². The molecule has 2 aliphatic carbocycles. The minimum absolute atomic E-state index is 0.0715. The maximum Gasteiger partial charge on any atom is 0.320 e. The van der Waals surface area contributed by atoms with Crippen molar-refractivity contribution in [3.05, 3.63) is 53.2 Å². The molecule has 0 bridgehead atoms. The van der Waals surface area contributed by atoms with Crippen LogP contribution in [-0.2, 0) is 6.42 Å². The van der Waals surface area contributed by atoms with Gasteiger partial charge in [-0.05, 0) is 68.0 Å². The molecule has 5 nitrogen and oxygen atoms in total. The molecule has 1 saturated carbocycles. The third-order valence-electron chi connectivity index (χ3n) is 6.19. The minimum Gasteiger partial charge on any atom is -0.371 e. The molecule has 2 aromatic rings. The zero-order valence-corrected chi connectivity index (χ0v) is 16.4. The Kier molecular flexibility index (Phi) is 4.72. The number of carbonyl (C=O) groups is 1. The quantitative estimate of drug-likeness (QED) is 0.815. The lowest BCUT2D eigenvalue weighted by Gasteiger charge is -2.23. The van der Waals surface area contributed by atoms with Gasteiger partial charge in [0.25, 0.3) is 0 Å². The van der Waals surface area contributed by atoms with E-state index in [0.29, 0.717) is 17.7 Å². The van der Waals surface area contributed by atoms with Crippen LogP contribution in [0.1, 0.15) is 42.9 Å². The van der Waals surface area contributed by atoms with E-state index in [1.165, 1.54) is 11.1 Å². The number of carbonyl (C=O) groups excluding carboxylic acids is 1. The van der Waals surface area contributed by atoms with Crippen LogP contribution in [-0.4, -0.2) is 30.1 Å². The Bertz CT molecular complexity index is 927. The second kappa shape index (κ2) is 7.20. The molecule has 2 amide bonds. The molecule has 0 spiro atoms. The zero-order valence-electron chi connectivity index (χ0n) is 16.4. The summed E-state index contributed by atoms with van der Waals surface area (Å²) in [7, 11) is 0. The number of benzene rings is 1. The number of hydrogen-bond acceptors (Lipinski definition) is 3. The Morgan fingerprint density at radius 2 is 2.07 bits per heavy atom. The van der Waals surface area contributed by atoms with Gasteiger partial charge in [-0.15, -0.1) is 6.42 Å². The van der Waals surface area contributed by atoms with Gasteiger partial charge in [-0.25, -0.2) is 9.78 Å². The van der Waals surface area contributed by atoms with Crippen LogP contribution < -0.4 is 15.5 Å². The fourth-order valence-electron chi connectivity index (χ4n) is 4.74. The summed E-state index contributed by atoms with van der Waals surface area (Å²) in [6.07, 6.45) is 9.40. The zero-order chi connectivity index (χ0) is 19.8. The molecule has 28 heavy (non-hydrogen) atoms. The molecule has 0 saturated heterocycles. The van der Waals surface area contributed by atoms with Crippen molar-refractivity contribution in [1.29, 1.82) is 0 Å². The van der Waals surface area contributed by atoms with Gasteiger partial charge in [-0.3, -0.25) is 4.90 Å². The van der Waals surface area contributed by atoms with Crippen molar-refractivity contribution >= 4 is 17.5 Å². The summed E-state index contributed by atoms with van der Waals surface area (Å²) in [6.45, 7) is 6.07. The first kappa shape index (κ1) is 18.4. The van der Waals surface area contributed by atoms with Crippen LogP contribution >= 0.6 is 0 Å². The van der Waals surface area contributed by atoms with Crippen LogP contribution in [0.15, 0.2) is 36.5 Å². The number of amides is 2. The van der Waals surface area contributed by atoms with Crippen LogP contribution in [0, 0.1) is 18.3 Å². The molecular weight excluding hydrogens is 348 g/mol. The molecule has 1 aromatic carbocycles. The number of primary amides is 1. The number of hydrogen-bond donors (Lipinski definition) is 1. The van der Waals surface area contributed by atoms with Gasteiger partial charge >= 0.3 is 6.03 Å². The average molecular weight is 374 g/mol. The van der Waals surface area contributed by atoms with Crippen molar-refractivity contribution in [2.24, 2.45) is 11.7 Å². The van der Waals surface area contributed by atoms with Gasteiger partial charge in [0, 0.05) is 24.6 Å². The van der Waals surface area contributed by atoms with Gasteiger partial charge in [0.2, 0.25) is 0 Å². The molecule has 3 atom stereocenters. The summed E-state index contributed by atoms with van der Waals surface area (Å²) in [5.41, 5.74) is 10.4. The number of urea groups is 1. The van der Waals surface area contributed by atoms with Crippen LogP contribution in [0.4, 0.5) is 16.3 Å². The van der Waals surface area contributed by atoms with Crippen molar-refractivity contribution in [3.8, 4) is 12.3 Å². The lowest BCUT2D eigenvalue weighted by molar-refractivity contribution is 0.253. The van der Waals surface area contributed by atoms with Gasteiger partial charge in [0.05, 0.1) is 17.9 Å². The monoisotopic (exact) mass is 374 g/mol. The number of anilines is 2. The normalized spacial score (nSPS) is 21.8. The van der Waals surface area contributed by atoms with Crippen LogP contribution in [0.5, 0.6) is 0 Å². The SMILES string of the molecule is C#Cc1ccc2c(c1)CC[C@@H]1C(N(C(N)=O)c3ccc(N(CC)CC)cn3)[C@H]21. The molecule has 1 heterocycles. The Labute approximate surface area is 166 Å². The number of nitrogens with two attached hydrogens (primary N) is 1. The Balaban J connectivity index is 1.62. The first-order chi connectivity index (χ1) is 13.6. The highest BCUT2D eigenvalue weighted by Gasteiger charge is 2.57. The number of rotatable bonds is 5. The molecule has 144 valence electrons. The smallest absolute Gasteiger partial charge is 0.320 e. The summed E-state index contributed by atoms with van der Waals surface area (Å²) in [5.74, 6) is 4.08. The van der Waals surface area contributed by atoms with Gasteiger partial charge in [0.1, 0.15) is 5.82 Å². The second-order valence-corrected chi connectivity index (χ2v) is 7.53. The lowest BCUT2D eigenvalue weighted by atomic mass is 9.90. The van der Waals surface area contributed by atoms with Crippen molar-refractivity contribution < 1.29 is 4.79 Å². The van der Waals surface area contributed by atoms with Crippen molar-refractivity contribution in [1.82, 2.24) is 4.98 Å². The number of terminal acetylenes is 1. The van der Waals surface area contributed by atoms with Crippen molar-refractivity contribution in [2.45, 2.75) is 38.6 Å². The molecule has 1 fully saturated rings. The minimum atomic E-state index is -0.440. The molecule has 2 aliphatic rings. The standard InChI is InChI=1S/C23H26N4O/c1-4-15-7-10-18-16(13-15)8-11-19-21(18)22(19)27(23(24)28)20-12-9-17(14-25-20)26(5-2)6-3/h1,7,9-10,12-14,19,21-22H,5-6,8,11H2,2-3H3,(H2,24,28)/t19-,21+,22?/m0/s1. The molecule has 1 unspecified atom stereocenters. The van der Waals surface area contributed by atoms with E-state index in [1.54, 1.807) is 4.90 Å². The molecule has 2 N–H and O–H groups in total. The first-order valence-corrected chi connectivity index (χ1v) is 9.98. The predicted octanol–water partition coefficient (Wildman–Crippen LogP) is 3.52. The number of aromatic nitrogens is 1. The van der Waals surface area contributed by atoms with Crippen molar-refractivity contribution in [3.63, 3.8) is 0 Å². The average Bonchev–Trinajstić information content (AvgIpc) is 3.43. The highest BCUT2D eigenvalue weighted by atomic mass is 16.2. The largest absolute Gasteiger partial charge is 0.371 e. The number of pyridine rings is 1. The highest BCUT2D eigenvalue weighted by molar-refractivity contribution is 5.91. The van der Waals surface area contributed by atoms with E-state index in [-0.39, 0.29) is 6.04 Å². The van der Waals surface area contributed by atoms with Gasteiger partial charge in [0.15, 0.2) is 0 Å². The fraction of sp³-hybridized carbons (Fsp3) is 0.391. The van der Waals surface area contributed by atoms with E-state index in [1.807, 2.05) is 24.4 Å². The van der Waals surface area contributed by atoms with Gasteiger partial charge in [-0.1, -0.05) is 12.0 Å². The number of aryl methyl sites for hydroxylation is 1. The van der Waals surface area contributed by atoms with Gasteiger partial charge in [-0.2, -0.15) is 0 Å². The summed E-state index contributed by atoms with van der Waals surface area (Å²) in [4.78, 5) is 20.8. The summed E-state index contributed by atoms with van der Waals surface area (Å²) in [5, 5.41) is 0.